The molecule has 162 valence electrons. The molecule has 1 aromatic rings. The van der Waals surface area contributed by atoms with Gasteiger partial charge in [0.2, 0.25) is 18.3 Å². The molecule has 2 amide bonds. The summed E-state index contributed by atoms with van der Waals surface area (Å²) in [6.07, 6.45) is 3.47. The Hall–Kier alpha value is -2.53. The number of halogens is 1. The molecule has 1 aromatic heterocycles. The molecule has 10 nitrogen and oxygen atoms in total. The van der Waals surface area contributed by atoms with E-state index in [4.69, 9.17) is 4.74 Å². The molecule has 1 saturated heterocycles. The van der Waals surface area contributed by atoms with Crippen molar-refractivity contribution in [3.63, 3.8) is 0 Å². The van der Waals surface area contributed by atoms with E-state index >= 15 is 0 Å². The normalized spacial score (nSPS) is 15.0. The number of aryl methyl sites for hydroxylation is 1. The van der Waals surface area contributed by atoms with Crippen LogP contribution >= 0.6 is 0 Å². The molecular formula is C18H29FN6O4. The van der Waals surface area contributed by atoms with Crippen molar-refractivity contribution in [2.45, 2.75) is 39.5 Å². The Morgan fingerprint density at radius 1 is 1.38 bits per heavy atom. The average Bonchev–Trinajstić information content (AvgIpc) is 2.74. The molecule has 2 rings (SSSR count). The van der Waals surface area contributed by atoms with Gasteiger partial charge in [0.25, 0.3) is 0 Å². The molecule has 0 unspecified atom stereocenters. The Morgan fingerprint density at radius 3 is 2.76 bits per heavy atom. The second-order valence-electron chi connectivity index (χ2n) is 6.90. The molecule has 11 heteroatoms. The van der Waals surface area contributed by atoms with Crippen LogP contribution in [-0.4, -0.2) is 65.4 Å². The zero-order chi connectivity index (χ0) is 21.2. The van der Waals surface area contributed by atoms with Gasteiger partial charge in [-0.1, -0.05) is 26.2 Å². The summed E-state index contributed by atoms with van der Waals surface area (Å²) in [4.78, 5) is 33.2. The van der Waals surface area contributed by atoms with Crippen LogP contribution < -0.4 is 15.8 Å². The van der Waals surface area contributed by atoms with Crippen molar-refractivity contribution in [2.24, 2.45) is 5.92 Å². The van der Waals surface area contributed by atoms with Crippen LogP contribution in [0.2, 0.25) is 0 Å². The number of morpholine rings is 1. The highest BCUT2D eigenvalue weighted by atomic mass is 19.1. The molecule has 2 heterocycles. The number of hydroxylamine groups is 2. The number of hydrogen-bond donors (Lipinski definition) is 3. The lowest BCUT2D eigenvalue weighted by atomic mass is 10.0. The number of hydrazine groups is 1. The maximum atomic E-state index is 14.5. The fourth-order valence-corrected chi connectivity index (χ4v) is 3.02. The lowest BCUT2D eigenvalue weighted by molar-refractivity contribution is -0.154. The number of carbonyl (C=O) groups excluding carboxylic acids is 2. The minimum Gasteiger partial charge on any atom is -0.378 e. The first-order valence-electron chi connectivity index (χ1n) is 9.79. The highest BCUT2D eigenvalue weighted by molar-refractivity contribution is 5.80. The number of amides is 2. The van der Waals surface area contributed by atoms with E-state index in [0.29, 0.717) is 37.8 Å². The Kier molecular flexibility index (Phi) is 9.00. The third-order valence-electron chi connectivity index (χ3n) is 4.66. The van der Waals surface area contributed by atoms with Crippen LogP contribution in [0.15, 0.2) is 0 Å². The van der Waals surface area contributed by atoms with Crippen molar-refractivity contribution in [1.82, 2.24) is 20.5 Å². The Balaban J connectivity index is 2.04. The van der Waals surface area contributed by atoms with Crippen molar-refractivity contribution in [2.75, 3.05) is 43.2 Å². The molecule has 1 atom stereocenters. The second kappa shape index (κ2) is 11.5. The van der Waals surface area contributed by atoms with Gasteiger partial charge in [-0.05, 0) is 13.3 Å². The minimum absolute atomic E-state index is 0.0577. The summed E-state index contributed by atoms with van der Waals surface area (Å²) in [5.41, 5.74) is 5.27. The molecular weight excluding hydrogens is 383 g/mol. The number of nitrogens with one attached hydrogen (secondary N) is 2. The molecule has 3 N–H and O–H groups in total. The van der Waals surface area contributed by atoms with Gasteiger partial charge in [0.1, 0.15) is 0 Å². The highest BCUT2D eigenvalue weighted by Crippen LogP contribution is 2.21. The van der Waals surface area contributed by atoms with Gasteiger partial charge in [0, 0.05) is 13.1 Å². The van der Waals surface area contributed by atoms with E-state index in [-0.39, 0.29) is 30.4 Å². The molecule has 0 bridgehead atoms. The van der Waals surface area contributed by atoms with Gasteiger partial charge >= 0.3 is 0 Å². The van der Waals surface area contributed by atoms with E-state index in [0.717, 1.165) is 19.3 Å². The summed E-state index contributed by atoms with van der Waals surface area (Å²) in [5, 5.41) is 9.90. The van der Waals surface area contributed by atoms with Crippen molar-refractivity contribution in [3.05, 3.63) is 11.5 Å². The van der Waals surface area contributed by atoms with Crippen LogP contribution in [-0.2, 0) is 14.3 Å². The number of ether oxygens (including phenoxy) is 1. The second-order valence-corrected chi connectivity index (χ2v) is 6.90. The summed E-state index contributed by atoms with van der Waals surface area (Å²) >= 11 is 0. The van der Waals surface area contributed by atoms with Gasteiger partial charge in [-0.3, -0.25) is 25.6 Å². The first kappa shape index (κ1) is 22.8. The van der Waals surface area contributed by atoms with Crippen LogP contribution in [0.3, 0.4) is 0 Å². The Bertz CT molecular complexity index is 687. The van der Waals surface area contributed by atoms with Gasteiger partial charge in [-0.2, -0.15) is 4.98 Å². The number of carbonyl (C=O) groups is 2. The standard InChI is InChI=1S/C18H29FN6O4/c1-3-4-5-6-14(11-25(28)12-26)17(27)22-23-18-20-13(2)15(19)16(21-18)24-7-9-29-10-8-24/h12,14,28H,3-11H2,1-2H3,(H,22,27)(H,20,21,23)/t14-/m1/s1. The van der Waals surface area contributed by atoms with Gasteiger partial charge in [0.15, 0.2) is 11.6 Å². The largest absolute Gasteiger partial charge is 0.378 e. The maximum absolute atomic E-state index is 14.5. The van der Waals surface area contributed by atoms with E-state index in [1.54, 1.807) is 4.90 Å². The predicted molar refractivity (Wildman–Crippen MR) is 104 cm³/mol. The van der Waals surface area contributed by atoms with E-state index < -0.39 is 17.6 Å². The average molecular weight is 412 g/mol. The fraction of sp³-hybridized carbons (Fsp3) is 0.667. The smallest absolute Gasteiger partial charge is 0.244 e. The van der Waals surface area contributed by atoms with Gasteiger partial charge in [-0.25, -0.2) is 14.4 Å². The van der Waals surface area contributed by atoms with Crippen molar-refractivity contribution >= 4 is 24.1 Å². The monoisotopic (exact) mass is 412 g/mol. The first-order valence-corrected chi connectivity index (χ1v) is 9.79. The first-order chi connectivity index (χ1) is 14.0. The zero-order valence-corrected chi connectivity index (χ0v) is 16.9. The number of nitrogens with zero attached hydrogens (tertiary/aromatic N) is 4. The zero-order valence-electron chi connectivity index (χ0n) is 16.9. The minimum atomic E-state index is -0.607. The quantitative estimate of drug-likeness (QED) is 0.215. The summed E-state index contributed by atoms with van der Waals surface area (Å²) in [6, 6.07) is 0. The van der Waals surface area contributed by atoms with Gasteiger partial charge in [-0.15, -0.1) is 0 Å². The highest BCUT2D eigenvalue weighted by Gasteiger charge is 2.23. The molecule has 0 aliphatic carbocycles. The van der Waals surface area contributed by atoms with E-state index in [1.807, 2.05) is 6.92 Å². The maximum Gasteiger partial charge on any atom is 0.244 e. The number of rotatable bonds is 11. The number of aromatic nitrogens is 2. The Labute approximate surface area is 169 Å². The van der Waals surface area contributed by atoms with Crippen molar-refractivity contribution in [1.29, 1.82) is 0 Å². The summed E-state index contributed by atoms with van der Waals surface area (Å²) in [5.74, 6) is -1.32. The van der Waals surface area contributed by atoms with Crippen LogP contribution in [0, 0.1) is 18.7 Å². The molecule has 0 saturated carbocycles. The lowest BCUT2D eigenvalue weighted by Crippen LogP contribution is -2.41. The third-order valence-corrected chi connectivity index (χ3v) is 4.66. The van der Waals surface area contributed by atoms with Crippen LogP contribution in [0.4, 0.5) is 16.2 Å². The van der Waals surface area contributed by atoms with Crippen molar-refractivity contribution < 1.29 is 23.9 Å². The number of anilines is 2. The number of hydrogen-bond acceptors (Lipinski definition) is 8. The lowest BCUT2D eigenvalue weighted by Gasteiger charge is -2.28. The summed E-state index contributed by atoms with van der Waals surface area (Å²) in [6.45, 7) is 5.43. The molecule has 1 aliphatic rings. The molecule has 0 aromatic carbocycles. The molecule has 1 aliphatic heterocycles. The van der Waals surface area contributed by atoms with Gasteiger partial charge in [0.05, 0.1) is 31.4 Å². The molecule has 29 heavy (non-hydrogen) atoms. The number of unbranched alkanes of at least 4 members (excludes halogenated alkanes) is 2. The molecule has 0 radical (unpaired) electrons. The third kappa shape index (κ3) is 6.79. The fourth-order valence-electron chi connectivity index (χ4n) is 3.02. The summed E-state index contributed by atoms with van der Waals surface area (Å²) < 4.78 is 19.7. The van der Waals surface area contributed by atoms with E-state index in [2.05, 4.69) is 20.8 Å². The SMILES string of the molecule is CCCCC[C@H](CN(O)C=O)C(=O)NNc1nc(C)c(F)c(N2CCOCC2)n1. The van der Waals surface area contributed by atoms with E-state index in [9.17, 15) is 19.2 Å². The van der Waals surface area contributed by atoms with Crippen LogP contribution in [0.25, 0.3) is 0 Å². The Morgan fingerprint density at radius 2 is 2.10 bits per heavy atom. The molecule has 0 spiro atoms. The topological polar surface area (TPSA) is 120 Å². The summed E-state index contributed by atoms with van der Waals surface area (Å²) in [7, 11) is 0. The van der Waals surface area contributed by atoms with Crippen LogP contribution in [0.5, 0.6) is 0 Å². The van der Waals surface area contributed by atoms with Gasteiger partial charge < -0.3 is 9.64 Å². The van der Waals surface area contributed by atoms with E-state index in [1.165, 1.54) is 6.92 Å². The van der Waals surface area contributed by atoms with Crippen LogP contribution in [0.1, 0.15) is 38.3 Å². The predicted octanol–water partition coefficient (Wildman–Crippen LogP) is 1.25. The van der Waals surface area contributed by atoms with Crippen molar-refractivity contribution in [3.8, 4) is 0 Å². The molecule has 1 fully saturated rings.